The van der Waals surface area contributed by atoms with Crippen molar-refractivity contribution in [2.45, 2.75) is 35.8 Å². The quantitative estimate of drug-likeness (QED) is 0.201. The molecule has 0 saturated carbocycles. The molecule has 3 aromatic heterocycles. The molecule has 38 heavy (non-hydrogen) atoms. The lowest BCUT2D eigenvalue weighted by molar-refractivity contribution is -0.138. The number of halogens is 6. The molecule has 200 valence electrons. The van der Waals surface area contributed by atoms with Crippen LogP contribution in [0.1, 0.15) is 17.5 Å². The number of anilines is 1. The molecule has 1 aromatic carbocycles. The second kappa shape index (κ2) is 10.1. The van der Waals surface area contributed by atoms with Gasteiger partial charge in [0.15, 0.2) is 0 Å². The number of rotatable bonds is 5. The first kappa shape index (κ1) is 26.3. The predicted octanol–water partition coefficient (Wildman–Crippen LogP) is 6.22. The highest BCUT2D eigenvalue weighted by Crippen LogP contribution is 2.41. The maximum Gasteiger partial charge on any atom is 0.417 e. The van der Waals surface area contributed by atoms with Crippen LogP contribution < -0.4 is 5.32 Å². The fourth-order valence-electron chi connectivity index (χ4n) is 4.37. The number of piperidine rings is 1. The van der Waals surface area contributed by atoms with Crippen molar-refractivity contribution in [3.8, 4) is 11.1 Å². The fourth-order valence-corrected chi connectivity index (χ4v) is 5.35. The van der Waals surface area contributed by atoms with Crippen LogP contribution in [0.2, 0.25) is 0 Å². The van der Waals surface area contributed by atoms with E-state index in [2.05, 4.69) is 20.3 Å². The lowest BCUT2D eigenvalue weighted by Crippen LogP contribution is -2.47. The number of aromatic amines is 1. The number of alkyl halides is 6. The zero-order valence-corrected chi connectivity index (χ0v) is 20.3. The Morgan fingerprint density at radius 1 is 0.947 bits per heavy atom. The van der Waals surface area contributed by atoms with Gasteiger partial charge in [-0.2, -0.15) is 26.3 Å². The molecule has 2 unspecified atom stereocenters. The van der Waals surface area contributed by atoms with Gasteiger partial charge in [-0.15, -0.1) is 0 Å². The highest BCUT2D eigenvalue weighted by Gasteiger charge is 2.36. The standard InChI is InChI=1S/C25H21F6N5OS/c26-24(27,28)15-3-6-21(33-11-15)35-19-8-10-36(13-20(19)37)38-16-4-1-14(2-5-16)18-12-34-23-17(7-9-32-23)22(18)25(29,30)31/h1-7,9,11-12,19-20,37H,8,10,13H2,(H,32,34)(H,33,35). The molecule has 4 heterocycles. The van der Waals surface area contributed by atoms with E-state index in [0.29, 0.717) is 18.5 Å². The molecule has 1 saturated heterocycles. The Morgan fingerprint density at radius 2 is 1.71 bits per heavy atom. The number of aliphatic hydroxyl groups excluding tert-OH is 1. The van der Waals surface area contributed by atoms with Gasteiger partial charge in [-0.3, -0.25) is 0 Å². The third kappa shape index (κ3) is 5.59. The molecule has 0 radical (unpaired) electrons. The van der Waals surface area contributed by atoms with Crippen LogP contribution in [0, 0.1) is 0 Å². The first-order valence-electron chi connectivity index (χ1n) is 11.5. The van der Waals surface area contributed by atoms with Crippen LogP contribution in [-0.2, 0) is 12.4 Å². The molecule has 2 atom stereocenters. The molecule has 1 fully saturated rings. The number of benzene rings is 1. The van der Waals surface area contributed by atoms with E-state index in [4.69, 9.17) is 0 Å². The van der Waals surface area contributed by atoms with E-state index >= 15 is 0 Å². The normalized spacial score (nSPS) is 19.1. The fraction of sp³-hybridized carbons (Fsp3) is 0.280. The van der Waals surface area contributed by atoms with Crippen molar-refractivity contribution in [2.75, 3.05) is 18.4 Å². The first-order chi connectivity index (χ1) is 18.0. The van der Waals surface area contributed by atoms with Gasteiger partial charge in [-0.1, -0.05) is 12.1 Å². The number of nitrogens with zero attached hydrogens (tertiary/aromatic N) is 3. The molecular formula is C25H21F6N5OS. The van der Waals surface area contributed by atoms with Crippen LogP contribution in [-0.4, -0.2) is 49.6 Å². The smallest absolute Gasteiger partial charge is 0.390 e. The van der Waals surface area contributed by atoms with Gasteiger partial charge < -0.3 is 15.4 Å². The summed E-state index contributed by atoms with van der Waals surface area (Å²) in [5.41, 5.74) is -1.07. The Hall–Kier alpha value is -3.29. The summed E-state index contributed by atoms with van der Waals surface area (Å²) in [5.74, 6) is 0.240. The van der Waals surface area contributed by atoms with Crippen molar-refractivity contribution in [1.82, 2.24) is 19.3 Å². The molecule has 4 aromatic rings. The third-order valence-electron chi connectivity index (χ3n) is 6.24. The van der Waals surface area contributed by atoms with Crippen molar-refractivity contribution in [3.05, 3.63) is 72.2 Å². The lowest BCUT2D eigenvalue weighted by atomic mass is 9.99. The maximum absolute atomic E-state index is 13.9. The highest BCUT2D eigenvalue weighted by atomic mass is 32.2. The molecule has 0 aliphatic carbocycles. The topological polar surface area (TPSA) is 77.1 Å². The number of aliphatic hydroxyl groups is 1. The molecule has 1 aliphatic rings. The van der Waals surface area contributed by atoms with Gasteiger partial charge in [0.05, 0.1) is 23.3 Å². The summed E-state index contributed by atoms with van der Waals surface area (Å²) in [7, 11) is 0. The van der Waals surface area contributed by atoms with E-state index in [1.54, 1.807) is 24.3 Å². The van der Waals surface area contributed by atoms with Crippen molar-refractivity contribution >= 4 is 28.8 Å². The van der Waals surface area contributed by atoms with Gasteiger partial charge in [-0.05, 0) is 54.3 Å². The minimum absolute atomic E-state index is 0.00501. The van der Waals surface area contributed by atoms with Crippen LogP contribution in [0.25, 0.3) is 22.2 Å². The van der Waals surface area contributed by atoms with Crippen molar-refractivity contribution in [2.24, 2.45) is 0 Å². The summed E-state index contributed by atoms with van der Waals surface area (Å²) in [4.78, 5) is 11.4. The Morgan fingerprint density at radius 3 is 2.34 bits per heavy atom. The number of aromatic nitrogens is 3. The van der Waals surface area contributed by atoms with Gasteiger partial charge in [0.1, 0.15) is 11.5 Å². The van der Waals surface area contributed by atoms with Crippen LogP contribution >= 0.6 is 11.9 Å². The second-order valence-electron chi connectivity index (χ2n) is 8.82. The number of β-amino-alcohol motifs (C(OH)–C–C–N with tert-alkyl or cyclic N) is 1. The van der Waals surface area contributed by atoms with E-state index in [-0.39, 0.29) is 29.0 Å². The van der Waals surface area contributed by atoms with E-state index in [1.807, 2.05) is 4.31 Å². The largest absolute Gasteiger partial charge is 0.417 e. The number of H-pyrrole nitrogens is 1. The summed E-state index contributed by atoms with van der Waals surface area (Å²) in [6, 6.07) is 9.76. The first-order valence-corrected chi connectivity index (χ1v) is 12.3. The summed E-state index contributed by atoms with van der Waals surface area (Å²) in [5, 5.41) is 13.6. The number of hydrogen-bond donors (Lipinski definition) is 3. The number of nitrogens with one attached hydrogen (secondary N) is 2. The summed E-state index contributed by atoms with van der Waals surface area (Å²) in [6.07, 6.45) is -5.96. The van der Waals surface area contributed by atoms with E-state index < -0.39 is 35.6 Å². The molecule has 3 N–H and O–H groups in total. The Kier molecular flexibility index (Phi) is 7.01. The number of fused-ring (bicyclic) bond motifs is 1. The highest BCUT2D eigenvalue weighted by molar-refractivity contribution is 7.97. The zero-order valence-electron chi connectivity index (χ0n) is 19.5. The van der Waals surface area contributed by atoms with Crippen molar-refractivity contribution in [3.63, 3.8) is 0 Å². The minimum atomic E-state index is -4.56. The zero-order chi connectivity index (χ0) is 27.1. The molecule has 5 rings (SSSR count). The third-order valence-corrected chi connectivity index (χ3v) is 7.31. The van der Waals surface area contributed by atoms with Crippen LogP contribution in [0.4, 0.5) is 32.2 Å². The lowest BCUT2D eigenvalue weighted by Gasteiger charge is -2.35. The Labute approximate surface area is 217 Å². The molecule has 1 aliphatic heterocycles. The molecular weight excluding hydrogens is 532 g/mol. The summed E-state index contributed by atoms with van der Waals surface area (Å²) < 4.78 is 81.7. The van der Waals surface area contributed by atoms with E-state index in [0.717, 1.165) is 17.2 Å². The number of pyridine rings is 2. The average molecular weight is 554 g/mol. The van der Waals surface area contributed by atoms with Crippen LogP contribution in [0.3, 0.4) is 0 Å². The molecule has 0 amide bonds. The Bertz CT molecular complexity index is 1410. The molecule has 13 heteroatoms. The SMILES string of the molecule is OC1CN(Sc2ccc(-c3cnc4[nH]ccc4c3C(F)(F)F)cc2)CCC1Nc1ccc(C(F)(F)F)cn1. The predicted molar refractivity (Wildman–Crippen MR) is 131 cm³/mol. The van der Waals surface area contributed by atoms with Crippen LogP contribution in [0.15, 0.2) is 66.0 Å². The van der Waals surface area contributed by atoms with Gasteiger partial charge in [0.25, 0.3) is 0 Å². The molecule has 0 bridgehead atoms. The molecule has 6 nitrogen and oxygen atoms in total. The molecule has 0 spiro atoms. The number of hydrogen-bond acceptors (Lipinski definition) is 6. The monoisotopic (exact) mass is 553 g/mol. The maximum atomic E-state index is 13.9. The van der Waals surface area contributed by atoms with E-state index in [9.17, 15) is 31.4 Å². The second-order valence-corrected chi connectivity index (χ2v) is 10.00. The summed E-state index contributed by atoms with van der Waals surface area (Å²) >= 11 is 1.36. The van der Waals surface area contributed by atoms with Crippen molar-refractivity contribution in [1.29, 1.82) is 0 Å². The van der Waals surface area contributed by atoms with Crippen LogP contribution in [0.5, 0.6) is 0 Å². The van der Waals surface area contributed by atoms with Gasteiger partial charge in [0.2, 0.25) is 0 Å². The van der Waals surface area contributed by atoms with Gasteiger partial charge >= 0.3 is 12.4 Å². The van der Waals surface area contributed by atoms with Gasteiger partial charge in [0, 0.05) is 47.5 Å². The van der Waals surface area contributed by atoms with Gasteiger partial charge in [-0.25, -0.2) is 14.3 Å². The van der Waals surface area contributed by atoms with Crippen molar-refractivity contribution < 1.29 is 31.4 Å². The average Bonchev–Trinajstić information content (AvgIpc) is 3.33. The Balaban J connectivity index is 1.23. The minimum Gasteiger partial charge on any atom is -0.390 e. The van der Waals surface area contributed by atoms with E-state index in [1.165, 1.54) is 36.5 Å². The summed E-state index contributed by atoms with van der Waals surface area (Å²) in [6.45, 7) is 0.838.